The summed E-state index contributed by atoms with van der Waals surface area (Å²) in [4.78, 5) is 3.27. The second-order valence-electron chi connectivity index (χ2n) is 5.54. The molecular weight excluding hydrogens is 227 g/mol. The number of nitrogens with one attached hydrogen (secondary N) is 2. The van der Waals surface area contributed by atoms with E-state index >= 15 is 0 Å². The van der Waals surface area contributed by atoms with Gasteiger partial charge in [0.1, 0.15) is 5.67 Å². The predicted molar refractivity (Wildman–Crippen MR) is 74.8 cm³/mol. The number of H-pyrrole nitrogens is 1. The Balaban J connectivity index is 2.03. The Hall–Kier alpha value is -1.35. The zero-order chi connectivity index (χ0) is 13.2. The number of hydrogen-bond acceptors (Lipinski definition) is 1. The molecule has 0 bridgehead atoms. The molecule has 1 heterocycles. The van der Waals surface area contributed by atoms with Crippen molar-refractivity contribution in [3.05, 3.63) is 36.0 Å². The third-order valence-electron chi connectivity index (χ3n) is 3.15. The first-order valence-corrected chi connectivity index (χ1v) is 6.43. The molecule has 0 aliphatic heterocycles. The van der Waals surface area contributed by atoms with Crippen LogP contribution in [-0.4, -0.2) is 23.7 Å². The summed E-state index contributed by atoms with van der Waals surface area (Å²) in [5, 5.41) is 4.45. The minimum Gasteiger partial charge on any atom is -0.361 e. The Kier molecular flexibility index (Phi) is 3.71. The number of fused-ring (bicyclic) bond motifs is 1. The van der Waals surface area contributed by atoms with Crippen molar-refractivity contribution >= 4 is 10.9 Å². The molecule has 98 valence electrons. The highest BCUT2D eigenvalue weighted by atomic mass is 19.1. The van der Waals surface area contributed by atoms with E-state index in [0.717, 1.165) is 12.1 Å². The topological polar surface area (TPSA) is 27.8 Å². The van der Waals surface area contributed by atoms with Gasteiger partial charge in [-0.25, -0.2) is 4.39 Å². The van der Waals surface area contributed by atoms with Gasteiger partial charge < -0.3 is 10.3 Å². The molecule has 1 atom stereocenters. The first-order chi connectivity index (χ1) is 8.47. The third kappa shape index (κ3) is 3.10. The summed E-state index contributed by atoms with van der Waals surface area (Å²) in [5.41, 5.74) is 1.29. The molecule has 0 aliphatic carbocycles. The average molecular weight is 248 g/mol. The lowest BCUT2D eigenvalue weighted by molar-refractivity contribution is 0.210. The molecule has 0 spiro atoms. The highest BCUT2D eigenvalue weighted by Crippen LogP contribution is 2.24. The van der Waals surface area contributed by atoms with Crippen molar-refractivity contribution in [3.63, 3.8) is 0 Å². The molecule has 2 aromatic rings. The zero-order valence-electron chi connectivity index (χ0n) is 11.3. The van der Waals surface area contributed by atoms with Gasteiger partial charge in [0.05, 0.1) is 0 Å². The number of aromatic nitrogens is 1. The minimum atomic E-state index is -1.15. The van der Waals surface area contributed by atoms with Crippen LogP contribution in [0.25, 0.3) is 10.9 Å². The number of alkyl halides is 1. The number of benzene rings is 1. The Labute approximate surface area is 108 Å². The number of halogens is 1. The fraction of sp³-hybridized carbons (Fsp3) is 0.467. The third-order valence-corrected chi connectivity index (χ3v) is 3.15. The molecule has 2 nitrogen and oxygen atoms in total. The van der Waals surface area contributed by atoms with Crippen LogP contribution < -0.4 is 5.32 Å². The van der Waals surface area contributed by atoms with Crippen LogP contribution in [0.4, 0.5) is 4.39 Å². The summed E-state index contributed by atoms with van der Waals surface area (Å²) in [6, 6.07) is 8.27. The summed E-state index contributed by atoms with van der Waals surface area (Å²) in [7, 11) is 0. The second kappa shape index (κ2) is 5.11. The van der Waals surface area contributed by atoms with Crippen molar-refractivity contribution < 1.29 is 4.39 Å². The fourth-order valence-electron chi connectivity index (χ4n) is 2.20. The molecule has 0 radical (unpaired) electrons. The van der Waals surface area contributed by atoms with Gasteiger partial charge >= 0.3 is 0 Å². The Morgan fingerprint density at radius 2 is 2.06 bits per heavy atom. The van der Waals surface area contributed by atoms with Crippen molar-refractivity contribution in [2.45, 2.75) is 32.4 Å². The summed E-state index contributed by atoms with van der Waals surface area (Å²) in [5.74, 6) is 0.364. The molecule has 0 saturated heterocycles. The van der Waals surface area contributed by atoms with Gasteiger partial charge in [0, 0.05) is 30.2 Å². The molecule has 3 heteroatoms. The largest absolute Gasteiger partial charge is 0.361 e. The van der Waals surface area contributed by atoms with Crippen LogP contribution in [0, 0.1) is 0 Å². The van der Waals surface area contributed by atoms with E-state index in [0.29, 0.717) is 12.5 Å². The van der Waals surface area contributed by atoms with Crippen LogP contribution in [0.3, 0.4) is 0 Å². The van der Waals surface area contributed by atoms with Gasteiger partial charge in [-0.05, 0) is 31.4 Å². The molecular formula is C15H21FN2. The van der Waals surface area contributed by atoms with Crippen LogP contribution >= 0.6 is 0 Å². The molecule has 2 rings (SSSR count). The van der Waals surface area contributed by atoms with Crippen LogP contribution in [0.1, 0.15) is 32.3 Å². The van der Waals surface area contributed by atoms with E-state index in [-0.39, 0.29) is 0 Å². The van der Waals surface area contributed by atoms with E-state index in [1.165, 1.54) is 10.9 Å². The van der Waals surface area contributed by atoms with Gasteiger partial charge in [-0.3, -0.25) is 0 Å². The summed E-state index contributed by atoms with van der Waals surface area (Å²) >= 11 is 0. The lowest BCUT2D eigenvalue weighted by Crippen LogP contribution is -2.33. The van der Waals surface area contributed by atoms with Crippen molar-refractivity contribution in [1.29, 1.82) is 0 Å². The number of rotatable bonds is 5. The molecule has 1 unspecified atom stereocenters. The highest BCUT2D eigenvalue weighted by molar-refractivity contribution is 5.83. The van der Waals surface area contributed by atoms with E-state index < -0.39 is 5.67 Å². The molecule has 0 fully saturated rings. The molecule has 1 aromatic carbocycles. The first kappa shape index (κ1) is 13.1. The number of para-hydroxylation sites is 1. The zero-order valence-corrected chi connectivity index (χ0v) is 11.3. The maximum Gasteiger partial charge on any atom is 0.117 e. The monoisotopic (exact) mass is 248 g/mol. The lowest BCUT2D eigenvalue weighted by atomic mass is 10.0. The number of hydrogen-bond donors (Lipinski definition) is 2. The maximum absolute atomic E-state index is 13.4. The predicted octanol–water partition coefficient (Wildman–Crippen LogP) is 3.61. The van der Waals surface area contributed by atoms with Crippen molar-refractivity contribution in [2.75, 3.05) is 13.1 Å². The highest BCUT2D eigenvalue weighted by Gasteiger charge is 2.16. The van der Waals surface area contributed by atoms with E-state index in [1.54, 1.807) is 13.8 Å². The summed E-state index contributed by atoms with van der Waals surface area (Å²) in [6.07, 6.45) is 2.05. The van der Waals surface area contributed by atoms with Gasteiger partial charge in [-0.2, -0.15) is 0 Å². The molecule has 0 saturated carbocycles. The van der Waals surface area contributed by atoms with Crippen LogP contribution in [0.5, 0.6) is 0 Å². The summed E-state index contributed by atoms with van der Waals surface area (Å²) in [6.45, 7) is 6.52. The Morgan fingerprint density at radius 1 is 1.33 bits per heavy atom. The summed E-state index contributed by atoms with van der Waals surface area (Å²) < 4.78 is 13.4. The van der Waals surface area contributed by atoms with Crippen molar-refractivity contribution in [3.8, 4) is 0 Å². The van der Waals surface area contributed by atoms with Crippen LogP contribution in [-0.2, 0) is 0 Å². The standard InChI is InChI=1S/C15H21FN2/c1-11(8-17-10-15(2,3)16)13-9-18-14-7-5-4-6-12(13)14/h4-7,9,11,17-18H,8,10H2,1-3H3. The van der Waals surface area contributed by atoms with E-state index in [1.807, 2.05) is 12.1 Å². The molecule has 18 heavy (non-hydrogen) atoms. The van der Waals surface area contributed by atoms with E-state index in [4.69, 9.17) is 0 Å². The quantitative estimate of drug-likeness (QED) is 0.831. The van der Waals surface area contributed by atoms with E-state index in [2.05, 4.69) is 35.6 Å². The second-order valence-corrected chi connectivity index (χ2v) is 5.54. The Bertz CT molecular complexity index is 510. The molecule has 1 aromatic heterocycles. The SMILES string of the molecule is CC(CNCC(C)(C)F)c1c[nH]c2ccccc12. The normalized spacial score (nSPS) is 14.0. The maximum atomic E-state index is 13.4. The molecule has 2 N–H and O–H groups in total. The van der Waals surface area contributed by atoms with Gasteiger partial charge in [0.25, 0.3) is 0 Å². The van der Waals surface area contributed by atoms with Gasteiger partial charge in [-0.1, -0.05) is 25.1 Å². The lowest BCUT2D eigenvalue weighted by Gasteiger charge is -2.17. The Morgan fingerprint density at radius 3 is 2.78 bits per heavy atom. The number of aromatic amines is 1. The van der Waals surface area contributed by atoms with Crippen molar-refractivity contribution in [2.24, 2.45) is 0 Å². The van der Waals surface area contributed by atoms with Crippen molar-refractivity contribution in [1.82, 2.24) is 10.3 Å². The molecule has 0 aliphatic rings. The molecule has 0 amide bonds. The fourth-order valence-corrected chi connectivity index (χ4v) is 2.20. The first-order valence-electron chi connectivity index (χ1n) is 6.43. The van der Waals surface area contributed by atoms with E-state index in [9.17, 15) is 4.39 Å². The van der Waals surface area contributed by atoms with Crippen LogP contribution in [0.15, 0.2) is 30.5 Å². The van der Waals surface area contributed by atoms with Crippen LogP contribution in [0.2, 0.25) is 0 Å². The van der Waals surface area contributed by atoms with Gasteiger partial charge in [-0.15, -0.1) is 0 Å². The average Bonchev–Trinajstić information content (AvgIpc) is 2.70. The minimum absolute atomic E-state index is 0.364. The smallest absolute Gasteiger partial charge is 0.117 e. The van der Waals surface area contributed by atoms with Gasteiger partial charge in [0.2, 0.25) is 0 Å². The van der Waals surface area contributed by atoms with Gasteiger partial charge in [0.15, 0.2) is 0 Å².